The van der Waals surface area contributed by atoms with Gasteiger partial charge in [-0.1, -0.05) is 0 Å². The van der Waals surface area contributed by atoms with Gasteiger partial charge in [-0.25, -0.2) is 5.01 Å². The minimum absolute atomic E-state index is 0.0167. The van der Waals surface area contributed by atoms with Gasteiger partial charge in [-0.2, -0.15) is 0 Å². The van der Waals surface area contributed by atoms with Gasteiger partial charge in [0.15, 0.2) is 0 Å². The summed E-state index contributed by atoms with van der Waals surface area (Å²) in [4.78, 5) is 14.2. The Bertz CT molecular complexity index is 824. The van der Waals surface area contributed by atoms with Gasteiger partial charge in [0.1, 0.15) is 5.54 Å². The van der Waals surface area contributed by atoms with Crippen molar-refractivity contribution < 1.29 is 4.79 Å². The van der Waals surface area contributed by atoms with Crippen molar-refractivity contribution in [2.24, 2.45) is 0 Å². The molecular weight excluding hydrogens is 472 g/mol. The van der Waals surface area contributed by atoms with Crippen LogP contribution in [-0.2, 0) is 4.79 Å². The second-order valence-electron chi connectivity index (χ2n) is 17.5. The van der Waals surface area contributed by atoms with E-state index in [9.17, 15) is 4.79 Å². The number of hydrazine groups is 1. The van der Waals surface area contributed by atoms with E-state index in [0.29, 0.717) is 0 Å². The number of carbonyl (C=O) groups is 1. The van der Waals surface area contributed by atoms with Gasteiger partial charge in [0, 0.05) is 51.4 Å². The Labute approximate surface area is 234 Å². The summed E-state index contributed by atoms with van der Waals surface area (Å²) in [5, 5.41) is 17.3. The molecule has 0 aromatic carbocycles. The summed E-state index contributed by atoms with van der Waals surface area (Å²) in [6, 6.07) is 0.655. The molecular formula is C31H62N6O. The minimum Gasteiger partial charge on any atom is -0.352 e. The van der Waals surface area contributed by atoms with Crippen LogP contribution in [0.1, 0.15) is 135 Å². The summed E-state index contributed by atoms with van der Waals surface area (Å²) >= 11 is 0. The van der Waals surface area contributed by atoms with Gasteiger partial charge < -0.3 is 21.3 Å². The number of hydrogen-bond donors (Lipinski definition) is 5. The van der Waals surface area contributed by atoms with E-state index in [1.807, 2.05) is 0 Å². The zero-order chi connectivity index (χ0) is 29.2. The zero-order valence-corrected chi connectivity index (χ0v) is 27.3. The first kappa shape index (κ1) is 31.8. The van der Waals surface area contributed by atoms with Gasteiger partial charge in [-0.3, -0.25) is 10.2 Å². The van der Waals surface area contributed by atoms with Crippen molar-refractivity contribution in [2.75, 3.05) is 0 Å². The van der Waals surface area contributed by atoms with E-state index in [2.05, 4.69) is 129 Å². The van der Waals surface area contributed by atoms with Crippen molar-refractivity contribution >= 4 is 5.91 Å². The molecule has 3 rings (SSSR count). The summed E-state index contributed by atoms with van der Waals surface area (Å²) in [7, 11) is 0. The molecule has 0 aliphatic carbocycles. The largest absolute Gasteiger partial charge is 0.352 e. The molecule has 7 nitrogen and oxygen atoms in total. The summed E-state index contributed by atoms with van der Waals surface area (Å²) in [5.74, 6) is 0.116. The third-order valence-electron chi connectivity index (χ3n) is 8.73. The number of nitrogens with zero attached hydrogens (tertiary/aromatic N) is 1. The maximum absolute atomic E-state index is 14.2. The molecule has 222 valence electrons. The lowest BCUT2D eigenvalue weighted by Crippen LogP contribution is -2.73. The molecule has 0 bridgehead atoms. The van der Waals surface area contributed by atoms with Crippen LogP contribution in [0.3, 0.4) is 0 Å². The summed E-state index contributed by atoms with van der Waals surface area (Å²) in [6.07, 6.45) is 5.83. The standard InChI is InChI=1S/C31H62N6O/c1-25(2)15-21(16-26(3,4)34-25)32-24(38)31(13,14)37(23-19-29(9,10)36-30(11,12)20-23)33-22-17-27(5,6)35-28(7,8)18-22/h21-23,33-36H,15-20H2,1-14H3,(H,32,38). The molecule has 3 saturated heterocycles. The lowest BCUT2D eigenvalue weighted by atomic mass is 9.77. The number of nitrogens with one attached hydrogen (secondary N) is 5. The highest BCUT2D eigenvalue weighted by atomic mass is 16.2. The van der Waals surface area contributed by atoms with Crippen LogP contribution >= 0.6 is 0 Å². The third-order valence-corrected chi connectivity index (χ3v) is 8.73. The smallest absolute Gasteiger partial charge is 0.241 e. The van der Waals surface area contributed by atoms with Crippen LogP contribution < -0.4 is 26.7 Å². The molecule has 0 aromatic heterocycles. The van der Waals surface area contributed by atoms with Crippen molar-refractivity contribution in [3.05, 3.63) is 0 Å². The lowest BCUT2D eigenvalue weighted by Gasteiger charge is -2.55. The maximum Gasteiger partial charge on any atom is 0.241 e. The molecule has 0 unspecified atom stereocenters. The Hall–Kier alpha value is -0.730. The van der Waals surface area contributed by atoms with Gasteiger partial charge >= 0.3 is 0 Å². The quantitative estimate of drug-likeness (QED) is 0.320. The van der Waals surface area contributed by atoms with E-state index in [0.717, 1.165) is 38.5 Å². The first-order valence-corrected chi connectivity index (χ1v) is 15.1. The number of carbonyl (C=O) groups excluding carboxylic acids is 1. The Morgan fingerprint density at radius 1 is 0.605 bits per heavy atom. The fourth-order valence-electron chi connectivity index (χ4n) is 8.68. The number of hydrogen-bond acceptors (Lipinski definition) is 6. The van der Waals surface area contributed by atoms with E-state index in [1.165, 1.54) is 0 Å². The average molecular weight is 535 g/mol. The van der Waals surface area contributed by atoms with Crippen LogP contribution in [0.25, 0.3) is 0 Å². The summed E-state index contributed by atoms with van der Waals surface area (Å²) in [6.45, 7) is 31.6. The predicted octanol–water partition coefficient (Wildman–Crippen LogP) is 4.62. The van der Waals surface area contributed by atoms with E-state index in [1.54, 1.807) is 0 Å². The van der Waals surface area contributed by atoms with Crippen LogP contribution in [0.5, 0.6) is 0 Å². The highest BCUT2D eigenvalue weighted by molar-refractivity contribution is 5.85. The topological polar surface area (TPSA) is 80.5 Å². The Morgan fingerprint density at radius 3 is 1.29 bits per heavy atom. The molecule has 3 aliphatic heterocycles. The normalized spacial score (nSPS) is 29.2. The molecule has 3 heterocycles. The number of rotatable bonds is 6. The molecule has 3 aliphatic rings. The van der Waals surface area contributed by atoms with Crippen LogP contribution in [0.15, 0.2) is 0 Å². The van der Waals surface area contributed by atoms with Crippen LogP contribution in [-0.4, -0.2) is 67.8 Å². The first-order valence-electron chi connectivity index (χ1n) is 15.1. The molecule has 0 spiro atoms. The minimum atomic E-state index is -0.716. The fourth-order valence-corrected chi connectivity index (χ4v) is 8.68. The van der Waals surface area contributed by atoms with E-state index in [-0.39, 0.29) is 57.3 Å². The van der Waals surface area contributed by atoms with Crippen molar-refractivity contribution in [3.8, 4) is 0 Å². The van der Waals surface area contributed by atoms with Crippen LogP contribution in [0, 0.1) is 0 Å². The molecule has 5 N–H and O–H groups in total. The molecule has 3 fully saturated rings. The highest BCUT2D eigenvalue weighted by Gasteiger charge is 2.49. The fraction of sp³-hybridized carbons (Fsp3) is 0.968. The van der Waals surface area contributed by atoms with Crippen LogP contribution in [0.4, 0.5) is 0 Å². The molecule has 0 aromatic rings. The third kappa shape index (κ3) is 8.15. The molecule has 0 atom stereocenters. The number of amides is 1. The van der Waals surface area contributed by atoms with Crippen molar-refractivity contribution in [3.63, 3.8) is 0 Å². The van der Waals surface area contributed by atoms with Gasteiger partial charge in [0.25, 0.3) is 0 Å². The first-order chi connectivity index (χ1) is 16.8. The second kappa shape index (κ2) is 9.97. The maximum atomic E-state index is 14.2. The summed E-state index contributed by atoms with van der Waals surface area (Å²) < 4.78 is 0. The van der Waals surface area contributed by atoms with E-state index in [4.69, 9.17) is 0 Å². The zero-order valence-electron chi connectivity index (χ0n) is 27.3. The molecule has 38 heavy (non-hydrogen) atoms. The van der Waals surface area contributed by atoms with E-state index >= 15 is 0 Å². The molecule has 1 amide bonds. The van der Waals surface area contributed by atoms with Gasteiger partial charge in [0.05, 0.1) is 0 Å². The molecule has 0 saturated carbocycles. The SMILES string of the molecule is CC1(C)CC(NC(=O)C(C)(C)N(NC2CC(C)(C)NC(C)(C)C2)C2CC(C)(C)NC(C)(C)C2)CC(C)(C)N1. The second-order valence-corrected chi connectivity index (χ2v) is 17.5. The predicted molar refractivity (Wildman–Crippen MR) is 160 cm³/mol. The Morgan fingerprint density at radius 2 is 0.921 bits per heavy atom. The lowest BCUT2D eigenvalue weighted by molar-refractivity contribution is -0.142. The molecule has 0 radical (unpaired) electrons. The van der Waals surface area contributed by atoms with Crippen molar-refractivity contribution in [1.82, 2.24) is 31.7 Å². The Balaban J connectivity index is 1.91. The van der Waals surface area contributed by atoms with Gasteiger partial charge in [0.2, 0.25) is 5.91 Å². The van der Waals surface area contributed by atoms with Crippen molar-refractivity contribution in [1.29, 1.82) is 0 Å². The van der Waals surface area contributed by atoms with Crippen molar-refractivity contribution in [2.45, 2.75) is 192 Å². The monoisotopic (exact) mass is 534 g/mol. The van der Waals surface area contributed by atoms with Crippen LogP contribution in [0.2, 0.25) is 0 Å². The Kier molecular flexibility index (Phi) is 8.34. The van der Waals surface area contributed by atoms with E-state index < -0.39 is 5.54 Å². The average Bonchev–Trinajstić information content (AvgIpc) is 2.57. The number of piperidine rings is 3. The highest BCUT2D eigenvalue weighted by Crippen LogP contribution is 2.36. The molecule has 7 heteroatoms. The van der Waals surface area contributed by atoms with Gasteiger partial charge in [-0.15, -0.1) is 0 Å². The summed E-state index contributed by atoms with van der Waals surface area (Å²) in [5.41, 5.74) is 3.26. The van der Waals surface area contributed by atoms with Gasteiger partial charge in [-0.05, 0) is 135 Å².